The Balaban J connectivity index is 2.17. The molecule has 0 aliphatic rings. The third-order valence-electron chi connectivity index (χ3n) is 1.44. The molecule has 0 unspecified atom stereocenters. The lowest BCUT2D eigenvalue weighted by Crippen LogP contribution is -2.01. The van der Waals surface area contributed by atoms with Crippen LogP contribution in [-0.2, 0) is 16.2 Å². The molecular formula is C9H9ClO3. The first-order chi connectivity index (χ1) is 6.29. The first-order valence-electron chi connectivity index (χ1n) is 3.82. The summed E-state index contributed by atoms with van der Waals surface area (Å²) in [5.41, 5.74) is 0.168. The largest absolute Gasteiger partial charge is 0.435 e. The van der Waals surface area contributed by atoms with Gasteiger partial charge >= 0.3 is 5.43 Å². The number of carbonyl (C=O) groups excluding carboxylic acids is 1. The van der Waals surface area contributed by atoms with Crippen LogP contribution >= 0.6 is 11.6 Å². The second kappa shape index (κ2) is 5.56. The summed E-state index contributed by atoms with van der Waals surface area (Å²) in [6, 6.07) is 9.73. The van der Waals surface area contributed by atoms with Gasteiger partial charge in [-0.3, -0.25) is 4.89 Å². The minimum atomic E-state index is -0.951. The third-order valence-corrected chi connectivity index (χ3v) is 1.50. The molecule has 1 rings (SSSR count). The van der Waals surface area contributed by atoms with E-state index in [0.717, 1.165) is 5.56 Å². The molecular weight excluding hydrogens is 192 g/mol. The SMILES string of the molecule is O=C(Cl)OOCCc1ccccc1. The smallest absolute Gasteiger partial charge is 0.280 e. The number of hydrogen-bond donors (Lipinski definition) is 0. The summed E-state index contributed by atoms with van der Waals surface area (Å²) in [5.74, 6) is 0. The topological polar surface area (TPSA) is 35.5 Å². The van der Waals surface area contributed by atoms with Gasteiger partial charge in [-0.05, 0) is 12.0 Å². The molecule has 0 fully saturated rings. The Morgan fingerprint density at radius 3 is 2.62 bits per heavy atom. The van der Waals surface area contributed by atoms with Crippen LogP contribution in [-0.4, -0.2) is 12.0 Å². The van der Waals surface area contributed by atoms with Crippen molar-refractivity contribution in [1.29, 1.82) is 0 Å². The van der Waals surface area contributed by atoms with Crippen LogP contribution in [0.25, 0.3) is 0 Å². The molecule has 0 aliphatic carbocycles. The molecule has 0 N–H and O–H groups in total. The average molecular weight is 201 g/mol. The van der Waals surface area contributed by atoms with Crippen molar-refractivity contribution in [2.75, 3.05) is 6.61 Å². The van der Waals surface area contributed by atoms with Crippen LogP contribution in [0.5, 0.6) is 0 Å². The fourth-order valence-electron chi connectivity index (χ4n) is 0.892. The zero-order valence-electron chi connectivity index (χ0n) is 6.90. The first kappa shape index (κ1) is 10.0. The molecule has 0 amide bonds. The van der Waals surface area contributed by atoms with E-state index in [1.165, 1.54) is 0 Å². The lowest BCUT2D eigenvalue weighted by molar-refractivity contribution is -0.229. The van der Waals surface area contributed by atoms with Gasteiger partial charge in [-0.25, -0.2) is 4.79 Å². The Kier molecular flexibility index (Phi) is 4.29. The minimum Gasteiger partial charge on any atom is -0.280 e. The molecule has 1 aromatic rings. The molecule has 3 nitrogen and oxygen atoms in total. The molecule has 13 heavy (non-hydrogen) atoms. The molecule has 0 bridgehead atoms. The first-order valence-corrected chi connectivity index (χ1v) is 4.19. The molecule has 4 heteroatoms. The summed E-state index contributed by atoms with van der Waals surface area (Å²) < 4.78 is 0. The van der Waals surface area contributed by atoms with Gasteiger partial charge in [0.1, 0.15) is 0 Å². The summed E-state index contributed by atoms with van der Waals surface area (Å²) in [6.45, 7) is 0.308. The molecule has 0 heterocycles. The van der Waals surface area contributed by atoms with E-state index in [0.29, 0.717) is 13.0 Å². The molecule has 0 radical (unpaired) electrons. The van der Waals surface area contributed by atoms with Gasteiger partial charge in [-0.15, -0.1) is 0 Å². The van der Waals surface area contributed by atoms with Crippen LogP contribution in [0.3, 0.4) is 0 Å². The Bertz CT molecular complexity index is 261. The Morgan fingerprint density at radius 1 is 1.31 bits per heavy atom. The fraction of sp³-hybridized carbons (Fsp3) is 0.222. The van der Waals surface area contributed by atoms with E-state index < -0.39 is 5.43 Å². The number of benzene rings is 1. The summed E-state index contributed by atoms with van der Waals surface area (Å²) in [7, 11) is 0. The summed E-state index contributed by atoms with van der Waals surface area (Å²) >= 11 is 4.87. The zero-order chi connectivity index (χ0) is 9.52. The van der Waals surface area contributed by atoms with Crippen LogP contribution < -0.4 is 0 Å². The van der Waals surface area contributed by atoms with Crippen molar-refractivity contribution < 1.29 is 14.6 Å². The molecule has 0 spiro atoms. The van der Waals surface area contributed by atoms with E-state index in [9.17, 15) is 4.79 Å². The minimum absolute atomic E-state index is 0.308. The van der Waals surface area contributed by atoms with E-state index in [1.54, 1.807) is 0 Å². The van der Waals surface area contributed by atoms with Crippen molar-refractivity contribution in [2.24, 2.45) is 0 Å². The van der Waals surface area contributed by atoms with Gasteiger partial charge in [0.05, 0.1) is 6.61 Å². The fourth-order valence-corrected chi connectivity index (χ4v) is 0.937. The van der Waals surface area contributed by atoms with Crippen molar-refractivity contribution in [3.63, 3.8) is 0 Å². The summed E-state index contributed by atoms with van der Waals surface area (Å²) in [5, 5.41) is 0. The number of rotatable bonds is 4. The van der Waals surface area contributed by atoms with Crippen LogP contribution in [0.4, 0.5) is 4.79 Å². The van der Waals surface area contributed by atoms with Crippen LogP contribution in [0.2, 0.25) is 0 Å². The highest BCUT2D eigenvalue weighted by Gasteiger charge is 1.96. The monoisotopic (exact) mass is 200 g/mol. The third kappa shape index (κ3) is 4.50. The quantitative estimate of drug-likeness (QED) is 0.324. The maximum Gasteiger partial charge on any atom is 0.435 e. The molecule has 0 saturated heterocycles. The van der Waals surface area contributed by atoms with E-state index in [1.807, 2.05) is 30.3 Å². The predicted octanol–water partition coefficient (Wildman–Crippen LogP) is 2.54. The number of carbonyl (C=O) groups is 1. The maximum atomic E-state index is 10.1. The summed E-state index contributed by atoms with van der Waals surface area (Å²) in [4.78, 5) is 18.7. The van der Waals surface area contributed by atoms with Crippen LogP contribution in [0, 0.1) is 0 Å². The normalized spacial score (nSPS) is 9.62. The van der Waals surface area contributed by atoms with Gasteiger partial charge in [0.25, 0.3) is 0 Å². The molecule has 70 valence electrons. The van der Waals surface area contributed by atoms with Crippen molar-refractivity contribution >= 4 is 17.0 Å². The highest BCUT2D eigenvalue weighted by atomic mass is 35.5. The van der Waals surface area contributed by atoms with E-state index in [2.05, 4.69) is 9.78 Å². The van der Waals surface area contributed by atoms with Gasteiger partial charge in [-0.1, -0.05) is 30.3 Å². The van der Waals surface area contributed by atoms with E-state index in [4.69, 9.17) is 11.6 Å². The van der Waals surface area contributed by atoms with Crippen LogP contribution in [0.15, 0.2) is 30.3 Å². The van der Waals surface area contributed by atoms with Gasteiger partial charge in [0.2, 0.25) is 0 Å². The molecule has 0 aliphatic heterocycles. The van der Waals surface area contributed by atoms with Crippen molar-refractivity contribution in [1.82, 2.24) is 0 Å². The Morgan fingerprint density at radius 2 is 2.00 bits per heavy atom. The maximum absolute atomic E-state index is 10.1. The highest BCUT2D eigenvalue weighted by molar-refractivity contribution is 6.61. The summed E-state index contributed by atoms with van der Waals surface area (Å²) in [6.07, 6.45) is 0.686. The number of halogens is 1. The molecule has 0 aromatic heterocycles. The molecule has 0 atom stereocenters. The lowest BCUT2D eigenvalue weighted by atomic mass is 10.2. The van der Waals surface area contributed by atoms with Crippen molar-refractivity contribution in [3.8, 4) is 0 Å². The molecule has 0 saturated carbocycles. The second-order valence-corrected chi connectivity index (χ2v) is 2.69. The zero-order valence-corrected chi connectivity index (χ0v) is 7.66. The van der Waals surface area contributed by atoms with Crippen molar-refractivity contribution in [2.45, 2.75) is 6.42 Å². The Hall–Kier alpha value is -1.06. The molecule has 1 aromatic carbocycles. The number of hydrogen-bond acceptors (Lipinski definition) is 3. The van der Waals surface area contributed by atoms with Crippen LogP contribution in [0.1, 0.15) is 5.56 Å². The highest BCUT2D eigenvalue weighted by Crippen LogP contribution is 2.00. The Labute approximate surface area is 81.1 Å². The van der Waals surface area contributed by atoms with Gasteiger partial charge in [-0.2, -0.15) is 4.89 Å². The second-order valence-electron chi connectivity index (χ2n) is 2.38. The lowest BCUT2D eigenvalue weighted by Gasteiger charge is -2.00. The average Bonchev–Trinajstić information content (AvgIpc) is 2.14. The van der Waals surface area contributed by atoms with Crippen molar-refractivity contribution in [3.05, 3.63) is 35.9 Å². The van der Waals surface area contributed by atoms with Gasteiger partial charge < -0.3 is 0 Å². The standard InChI is InChI=1S/C9H9ClO3/c10-9(11)13-12-7-6-8-4-2-1-3-5-8/h1-5H,6-7H2. The van der Waals surface area contributed by atoms with Gasteiger partial charge in [0, 0.05) is 11.6 Å². The van der Waals surface area contributed by atoms with E-state index >= 15 is 0 Å². The van der Waals surface area contributed by atoms with Gasteiger partial charge in [0.15, 0.2) is 0 Å². The van der Waals surface area contributed by atoms with E-state index in [-0.39, 0.29) is 0 Å². The predicted molar refractivity (Wildman–Crippen MR) is 48.4 cm³/mol.